The van der Waals surface area contributed by atoms with E-state index in [1.165, 1.54) is 38.9 Å². The van der Waals surface area contributed by atoms with E-state index in [2.05, 4.69) is 138 Å². The van der Waals surface area contributed by atoms with E-state index in [-0.39, 0.29) is 10.8 Å². The van der Waals surface area contributed by atoms with Gasteiger partial charge in [0.25, 0.3) is 0 Å². The van der Waals surface area contributed by atoms with Gasteiger partial charge in [-0.3, -0.25) is 0 Å². The third-order valence-electron chi connectivity index (χ3n) is 6.12. The Morgan fingerprint density at radius 1 is 0.500 bits per heavy atom. The number of hydrogen-bond acceptors (Lipinski definition) is 0. The van der Waals surface area contributed by atoms with Crippen molar-refractivity contribution in [2.24, 2.45) is 5.41 Å². The number of benzene rings is 4. The predicted molar refractivity (Wildman–Crippen MR) is 140 cm³/mol. The molecule has 0 spiro atoms. The molecule has 0 fully saturated rings. The largest absolute Gasteiger partial charge is 0.0622 e. The SMILES string of the molecule is CC(C)(C)CC(C)(C)c1cc(-c2ccccc2)c(-c2ccccc2)c(-c2ccccc2)c1. The maximum atomic E-state index is 2.44. The standard InChI is InChI=1S/C32H34/c1-31(2,3)23-32(4,5)27-21-28(24-15-9-6-10-16-24)30(26-19-13-8-14-20-26)29(22-27)25-17-11-7-12-18-25/h6-22H,23H2,1-5H3. The van der Waals surface area contributed by atoms with Gasteiger partial charge in [-0.2, -0.15) is 0 Å². The second-order valence-electron chi connectivity index (χ2n) is 10.7. The fraction of sp³-hybridized carbons (Fsp3) is 0.250. The average Bonchev–Trinajstić information content (AvgIpc) is 2.78. The monoisotopic (exact) mass is 418 g/mol. The molecule has 4 aromatic carbocycles. The summed E-state index contributed by atoms with van der Waals surface area (Å²) in [6.07, 6.45) is 1.12. The lowest BCUT2D eigenvalue weighted by Crippen LogP contribution is -2.25. The molecule has 0 aliphatic carbocycles. The number of hydrogen-bond donors (Lipinski definition) is 0. The lowest BCUT2D eigenvalue weighted by atomic mass is 9.70. The molecule has 0 saturated heterocycles. The van der Waals surface area contributed by atoms with Crippen molar-refractivity contribution in [2.45, 2.75) is 46.5 Å². The van der Waals surface area contributed by atoms with Gasteiger partial charge in [0.1, 0.15) is 0 Å². The highest BCUT2D eigenvalue weighted by atomic mass is 14.3. The van der Waals surface area contributed by atoms with Crippen molar-refractivity contribution in [3.63, 3.8) is 0 Å². The molecule has 0 nitrogen and oxygen atoms in total. The molecule has 0 amide bonds. The molecule has 32 heavy (non-hydrogen) atoms. The first kappa shape index (κ1) is 22.1. The summed E-state index contributed by atoms with van der Waals surface area (Å²) in [5.41, 5.74) is 9.38. The minimum Gasteiger partial charge on any atom is -0.0622 e. The summed E-state index contributed by atoms with van der Waals surface area (Å²) >= 11 is 0. The first-order valence-corrected chi connectivity index (χ1v) is 11.6. The molecule has 0 unspecified atom stereocenters. The van der Waals surface area contributed by atoms with Gasteiger partial charge in [0.05, 0.1) is 0 Å². The normalized spacial score (nSPS) is 12.0. The zero-order valence-electron chi connectivity index (χ0n) is 20.0. The van der Waals surface area contributed by atoms with Crippen molar-refractivity contribution >= 4 is 0 Å². The molecule has 0 heteroatoms. The van der Waals surface area contributed by atoms with Crippen LogP contribution in [-0.2, 0) is 5.41 Å². The summed E-state index contributed by atoms with van der Waals surface area (Å²) in [6.45, 7) is 11.8. The van der Waals surface area contributed by atoms with E-state index >= 15 is 0 Å². The second kappa shape index (κ2) is 8.79. The highest BCUT2D eigenvalue weighted by Crippen LogP contribution is 2.45. The Balaban J connectivity index is 2.06. The molecule has 0 N–H and O–H groups in total. The van der Waals surface area contributed by atoms with E-state index in [9.17, 15) is 0 Å². The summed E-state index contributed by atoms with van der Waals surface area (Å²) in [5, 5.41) is 0. The molecule has 0 radical (unpaired) electrons. The van der Waals surface area contributed by atoms with Crippen LogP contribution in [0.5, 0.6) is 0 Å². The quantitative estimate of drug-likeness (QED) is 0.303. The Hall–Kier alpha value is -3.12. The summed E-state index contributed by atoms with van der Waals surface area (Å²) < 4.78 is 0. The topological polar surface area (TPSA) is 0 Å². The van der Waals surface area contributed by atoms with Crippen LogP contribution in [0.2, 0.25) is 0 Å². The third-order valence-corrected chi connectivity index (χ3v) is 6.12. The van der Waals surface area contributed by atoms with E-state index in [1.54, 1.807) is 0 Å². The van der Waals surface area contributed by atoms with Crippen molar-refractivity contribution < 1.29 is 0 Å². The van der Waals surface area contributed by atoms with Crippen LogP contribution in [0.3, 0.4) is 0 Å². The van der Waals surface area contributed by atoms with Crippen LogP contribution in [0.15, 0.2) is 103 Å². The van der Waals surface area contributed by atoms with Crippen LogP contribution in [0, 0.1) is 5.41 Å². The van der Waals surface area contributed by atoms with E-state index in [1.807, 2.05) is 0 Å². The van der Waals surface area contributed by atoms with Crippen LogP contribution in [-0.4, -0.2) is 0 Å². The lowest BCUT2D eigenvalue weighted by molar-refractivity contribution is 0.284. The van der Waals surface area contributed by atoms with Crippen LogP contribution in [0.25, 0.3) is 33.4 Å². The molecular weight excluding hydrogens is 384 g/mol. The van der Waals surface area contributed by atoms with E-state index in [0.717, 1.165) is 6.42 Å². The van der Waals surface area contributed by atoms with E-state index in [4.69, 9.17) is 0 Å². The van der Waals surface area contributed by atoms with Crippen molar-refractivity contribution in [2.75, 3.05) is 0 Å². The molecule has 0 aliphatic heterocycles. The van der Waals surface area contributed by atoms with Gasteiger partial charge >= 0.3 is 0 Å². The zero-order chi connectivity index (χ0) is 22.8. The Labute approximate surface area is 194 Å². The van der Waals surface area contributed by atoms with Crippen LogP contribution in [0.1, 0.15) is 46.6 Å². The zero-order valence-corrected chi connectivity index (χ0v) is 20.0. The minimum atomic E-state index is 0.0561. The van der Waals surface area contributed by atoms with Gasteiger partial charge in [-0.05, 0) is 68.3 Å². The Morgan fingerprint density at radius 2 is 0.875 bits per heavy atom. The summed E-state index contributed by atoms with van der Waals surface area (Å²) in [6, 6.07) is 37.4. The Kier molecular flexibility index (Phi) is 6.07. The second-order valence-corrected chi connectivity index (χ2v) is 10.7. The fourth-order valence-corrected chi connectivity index (χ4v) is 5.07. The molecule has 0 atom stereocenters. The van der Waals surface area contributed by atoms with Gasteiger partial charge in [-0.1, -0.05) is 126 Å². The molecule has 4 aromatic rings. The molecule has 0 saturated carbocycles. The molecule has 0 bridgehead atoms. The highest BCUT2D eigenvalue weighted by molar-refractivity contribution is 5.95. The molecule has 162 valence electrons. The van der Waals surface area contributed by atoms with Gasteiger partial charge in [0, 0.05) is 0 Å². The maximum Gasteiger partial charge on any atom is -0.00266 e. The first-order chi connectivity index (χ1) is 15.2. The summed E-state index contributed by atoms with van der Waals surface area (Å²) in [7, 11) is 0. The fourth-order valence-electron chi connectivity index (χ4n) is 5.07. The smallest absolute Gasteiger partial charge is 0.00266 e. The molecular formula is C32H34. The molecule has 4 rings (SSSR count). The van der Waals surface area contributed by atoms with Crippen LogP contribution < -0.4 is 0 Å². The van der Waals surface area contributed by atoms with Crippen LogP contribution in [0.4, 0.5) is 0 Å². The van der Waals surface area contributed by atoms with Crippen molar-refractivity contribution in [1.82, 2.24) is 0 Å². The maximum absolute atomic E-state index is 2.44. The molecule has 0 heterocycles. The van der Waals surface area contributed by atoms with Crippen molar-refractivity contribution in [1.29, 1.82) is 0 Å². The Morgan fingerprint density at radius 3 is 1.25 bits per heavy atom. The van der Waals surface area contributed by atoms with Gasteiger partial charge in [0.15, 0.2) is 0 Å². The van der Waals surface area contributed by atoms with E-state index < -0.39 is 0 Å². The van der Waals surface area contributed by atoms with Crippen LogP contribution >= 0.6 is 0 Å². The van der Waals surface area contributed by atoms with Crippen molar-refractivity contribution in [3.05, 3.63) is 109 Å². The predicted octanol–water partition coefficient (Wildman–Crippen LogP) is 9.40. The lowest BCUT2D eigenvalue weighted by Gasteiger charge is -2.34. The average molecular weight is 419 g/mol. The highest BCUT2D eigenvalue weighted by Gasteiger charge is 2.29. The Bertz CT molecular complexity index is 1100. The molecule has 0 aromatic heterocycles. The van der Waals surface area contributed by atoms with Gasteiger partial charge in [-0.15, -0.1) is 0 Å². The first-order valence-electron chi connectivity index (χ1n) is 11.6. The summed E-state index contributed by atoms with van der Waals surface area (Å²) in [5.74, 6) is 0. The van der Waals surface area contributed by atoms with Gasteiger partial charge in [0.2, 0.25) is 0 Å². The van der Waals surface area contributed by atoms with Gasteiger partial charge < -0.3 is 0 Å². The summed E-state index contributed by atoms with van der Waals surface area (Å²) in [4.78, 5) is 0. The molecule has 0 aliphatic rings. The minimum absolute atomic E-state index is 0.0561. The van der Waals surface area contributed by atoms with E-state index in [0.29, 0.717) is 0 Å². The third kappa shape index (κ3) is 4.86. The number of rotatable bonds is 5. The van der Waals surface area contributed by atoms with Crippen molar-refractivity contribution in [3.8, 4) is 33.4 Å². The van der Waals surface area contributed by atoms with Gasteiger partial charge in [-0.25, -0.2) is 0 Å².